The Morgan fingerprint density at radius 3 is 2.23 bits per heavy atom. The molecule has 0 aliphatic rings. The second-order valence-corrected chi connectivity index (χ2v) is 7.72. The lowest BCUT2D eigenvalue weighted by molar-refractivity contribution is 0.298. The number of ether oxygens (including phenoxy) is 3. The molecule has 26 heavy (non-hydrogen) atoms. The van der Waals surface area contributed by atoms with Gasteiger partial charge in [-0.1, -0.05) is 6.07 Å². The van der Waals surface area contributed by atoms with Crippen LogP contribution in [0, 0.1) is 20.8 Å². The van der Waals surface area contributed by atoms with Gasteiger partial charge in [0.1, 0.15) is 12.4 Å². The maximum atomic E-state index is 12.6. The lowest BCUT2D eigenvalue weighted by atomic mass is 10.1. The predicted octanol–water partition coefficient (Wildman–Crippen LogP) is 2.99. The van der Waals surface area contributed by atoms with Gasteiger partial charge in [-0.3, -0.25) is 0 Å². The van der Waals surface area contributed by atoms with Crippen molar-refractivity contribution in [1.29, 1.82) is 0 Å². The zero-order valence-corrected chi connectivity index (χ0v) is 16.6. The van der Waals surface area contributed by atoms with E-state index in [2.05, 4.69) is 4.72 Å². The Hall–Kier alpha value is -2.25. The Morgan fingerprint density at radius 2 is 1.58 bits per heavy atom. The molecule has 0 spiro atoms. The average Bonchev–Trinajstić information content (AvgIpc) is 2.61. The van der Waals surface area contributed by atoms with Gasteiger partial charge in [-0.15, -0.1) is 0 Å². The summed E-state index contributed by atoms with van der Waals surface area (Å²) in [6, 6.07) is 8.91. The highest BCUT2D eigenvalue weighted by Gasteiger charge is 2.18. The maximum Gasteiger partial charge on any atom is 0.240 e. The first-order chi connectivity index (χ1) is 12.3. The van der Waals surface area contributed by atoms with Gasteiger partial charge in [-0.2, -0.15) is 0 Å². The molecule has 6 nitrogen and oxygen atoms in total. The number of rotatable bonds is 8. The second kappa shape index (κ2) is 8.42. The van der Waals surface area contributed by atoms with Gasteiger partial charge >= 0.3 is 0 Å². The molecule has 142 valence electrons. The van der Waals surface area contributed by atoms with Crippen LogP contribution in [0.4, 0.5) is 0 Å². The highest BCUT2D eigenvalue weighted by atomic mass is 32.2. The Kier molecular flexibility index (Phi) is 6.50. The molecule has 0 aliphatic heterocycles. The largest absolute Gasteiger partial charge is 0.496 e. The van der Waals surface area contributed by atoms with Gasteiger partial charge in [0, 0.05) is 6.54 Å². The van der Waals surface area contributed by atoms with Crippen LogP contribution >= 0.6 is 0 Å². The smallest absolute Gasteiger partial charge is 0.240 e. The van der Waals surface area contributed by atoms with E-state index < -0.39 is 10.0 Å². The molecule has 0 fully saturated rings. The lowest BCUT2D eigenvalue weighted by Gasteiger charge is -2.14. The molecule has 2 aromatic rings. The van der Waals surface area contributed by atoms with E-state index in [1.54, 1.807) is 39.3 Å². The summed E-state index contributed by atoms with van der Waals surface area (Å²) in [7, 11) is -0.503. The van der Waals surface area contributed by atoms with Crippen molar-refractivity contribution in [3.63, 3.8) is 0 Å². The third kappa shape index (κ3) is 4.68. The van der Waals surface area contributed by atoms with E-state index in [0.29, 0.717) is 22.8 Å². The quantitative estimate of drug-likeness (QED) is 0.714. The molecule has 0 aromatic heterocycles. The van der Waals surface area contributed by atoms with Crippen molar-refractivity contribution >= 4 is 10.0 Å². The Morgan fingerprint density at radius 1 is 0.885 bits per heavy atom. The number of sulfonamides is 1. The van der Waals surface area contributed by atoms with Crippen molar-refractivity contribution in [2.45, 2.75) is 25.7 Å². The monoisotopic (exact) mass is 379 g/mol. The van der Waals surface area contributed by atoms with E-state index in [4.69, 9.17) is 14.2 Å². The topological polar surface area (TPSA) is 73.9 Å². The molecule has 0 bridgehead atoms. The van der Waals surface area contributed by atoms with E-state index in [0.717, 1.165) is 11.1 Å². The van der Waals surface area contributed by atoms with Gasteiger partial charge in [-0.25, -0.2) is 13.1 Å². The van der Waals surface area contributed by atoms with Gasteiger partial charge in [-0.05, 0) is 61.7 Å². The summed E-state index contributed by atoms with van der Waals surface area (Å²) in [5, 5.41) is 0. The van der Waals surface area contributed by atoms with Gasteiger partial charge in [0.2, 0.25) is 10.0 Å². The van der Waals surface area contributed by atoms with Crippen molar-refractivity contribution in [1.82, 2.24) is 4.72 Å². The van der Waals surface area contributed by atoms with Crippen molar-refractivity contribution in [2.24, 2.45) is 0 Å². The molecule has 0 aliphatic carbocycles. The average molecular weight is 379 g/mol. The summed E-state index contributed by atoms with van der Waals surface area (Å²) in [6.07, 6.45) is 0. The molecular weight excluding hydrogens is 354 g/mol. The molecule has 0 heterocycles. The van der Waals surface area contributed by atoms with Crippen LogP contribution in [0.1, 0.15) is 16.7 Å². The van der Waals surface area contributed by atoms with Crippen molar-refractivity contribution in [3.8, 4) is 17.2 Å². The number of nitrogens with one attached hydrogen (secondary N) is 1. The van der Waals surface area contributed by atoms with E-state index in [1.165, 1.54) is 0 Å². The van der Waals surface area contributed by atoms with Crippen LogP contribution < -0.4 is 18.9 Å². The normalized spacial score (nSPS) is 11.3. The number of methoxy groups -OCH3 is 2. The standard InChI is InChI=1S/C19H25NO5S/c1-13-6-7-16(18(10-13)24-5)25-9-8-20-26(21,22)19-12-14(2)17(23-4)11-15(19)3/h6-7,10-12,20H,8-9H2,1-5H3. The zero-order valence-electron chi connectivity index (χ0n) is 15.8. The van der Waals surface area contributed by atoms with E-state index >= 15 is 0 Å². The lowest BCUT2D eigenvalue weighted by Crippen LogP contribution is -2.29. The third-order valence-electron chi connectivity index (χ3n) is 3.95. The highest BCUT2D eigenvalue weighted by Crippen LogP contribution is 2.28. The molecule has 0 saturated carbocycles. The van der Waals surface area contributed by atoms with E-state index in [-0.39, 0.29) is 18.0 Å². The van der Waals surface area contributed by atoms with Crippen LogP contribution in [0.25, 0.3) is 0 Å². The van der Waals surface area contributed by atoms with Gasteiger partial charge in [0.15, 0.2) is 11.5 Å². The molecule has 1 N–H and O–H groups in total. The third-order valence-corrected chi connectivity index (χ3v) is 5.56. The summed E-state index contributed by atoms with van der Waals surface area (Å²) < 4.78 is 43.8. The highest BCUT2D eigenvalue weighted by molar-refractivity contribution is 7.89. The van der Waals surface area contributed by atoms with Crippen LogP contribution in [0.2, 0.25) is 0 Å². The minimum absolute atomic E-state index is 0.143. The molecule has 0 radical (unpaired) electrons. The van der Waals surface area contributed by atoms with Crippen LogP contribution in [0.3, 0.4) is 0 Å². The molecule has 0 unspecified atom stereocenters. The molecule has 0 atom stereocenters. The zero-order chi connectivity index (χ0) is 19.3. The van der Waals surface area contributed by atoms with Crippen molar-refractivity contribution in [3.05, 3.63) is 47.0 Å². The predicted molar refractivity (Wildman–Crippen MR) is 101 cm³/mol. The Bertz CT molecular complexity index is 878. The molecule has 0 amide bonds. The molecule has 2 rings (SSSR count). The van der Waals surface area contributed by atoms with E-state index in [9.17, 15) is 8.42 Å². The van der Waals surface area contributed by atoms with Gasteiger partial charge in [0.05, 0.1) is 19.1 Å². The van der Waals surface area contributed by atoms with Crippen LogP contribution in [0.5, 0.6) is 17.2 Å². The first-order valence-electron chi connectivity index (χ1n) is 8.21. The summed E-state index contributed by atoms with van der Waals surface area (Å²) >= 11 is 0. The number of hydrogen-bond acceptors (Lipinski definition) is 5. The minimum Gasteiger partial charge on any atom is -0.496 e. The first-order valence-corrected chi connectivity index (χ1v) is 9.69. The Labute approximate surface area is 155 Å². The summed E-state index contributed by atoms with van der Waals surface area (Å²) in [5.74, 6) is 1.86. The van der Waals surface area contributed by atoms with Gasteiger partial charge in [0.25, 0.3) is 0 Å². The van der Waals surface area contributed by atoms with Crippen LogP contribution in [-0.4, -0.2) is 35.8 Å². The maximum absolute atomic E-state index is 12.6. The second-order valence-electron chi connectivity index (χ2n) is 5.99. The number of benzene rings is 2. The molecule has 7 heteroatoms. The molecule has 2 aromatic carbocycles. The summed E-state index contributed by atoms with van der Waals surface area (Å²) in [6.45, 7) is 5.84. The summed E-state index contributed by atoms with van der Waals surface area (Å²) in [4.78, 5) is 0.240. The fourth-order valence-electron chi connectivity index (χ4n) is 2.58. The number of aryl methyl sites for hydroxylation is 3. The fraction of sp³-hybridized carbons (Fsp3) is 0.368. The SMILES string of the molecule is COc1cc(C)c(S(=O)(=O)NCCOc2ccc(C)cc2OC)cc1C. The Balaban J connectivity index is 2.02. The van der Waals surface area contributed by atoms with Gasteiger partial charge < -0.3 is 14.2 Å². The fourth-order valence-corrected chi connectivity index (χ4v) is 3.90. The van der Waals surface area contributed by atoms with Crippen molar-refractivity contribution < 1.29 is 22.6 Å². The van der Waals surface area contributed by atoms with Crippen LogP contribution in [-0.2, 0) is 10.0 Å². The van der Waals surface area contributed by atoms with E-state index in [1.807, 2.05) is 26.0 Å². The van der Waals surface area contributed by atoms with Crippen LogP contribution in [0.15, 0.2) is 35.2 Å². The first kappa shape index (κ1) is 20.1. The van der Waals surface area contributed by atoms with Crippen molar-refractivity contribution in [2.75, 3.05) is 27.4 Å². The minimum atomic E-state index is -3.63. The summed E-state index contributed by atoms with van der Waals surface area (Å²) in [5.41, 5.74) is 2.44. The molecule has 0 saturated heterocycles. The number of hydrogen-bond donors (Lipinski definition) is 1. The molecular formula is C19H25NO5S.